The van der Waals surface area contributed by atoms with Gasteiger partial charge in [0.15, 0.2) is 0 Å². The van der Waals surface area contributed by atoms with Gasteiger partial charge in [0.05, 0.1) is 0 Å². The maximum atomic E-state index is 10.6. The van der Waals surface area contributed by atoms with Crippen molar-refractivity contribution in [2.45, 2.75) is 11.6 Å². The number of rotatable bonds is 3. The van der Waals surface area contributed by atoms with Crippen LogP contribution < -0.4 is 0 Å². The van der Waals surface area contributed by atoms with Crippen LogP contribution in [0, 0.1) is 0 Å². The summed E-state index contributed by atoms with van der Waals surface area (Å²) in [6.45, 7) is 0. The van der Waals surface area contributed by atoms with Crippen LogP contribution in [-0.4, -0.2) is 22.4 Å². The van der Waals surface area contributed by atoms with Gasteiger partial charge < -0.3 is 0 Å². The predicted octanol–water partition coefficient (Wildman–Crippen LogP) is 0.583. The molecule has 0 saturated carbocycles. The zero-order chi connectivity index (χ0) is 9.03. The van der Waals surface area contributed by atoms with E-state index < -0.39 is 14.2 Å². The molecule has 4 heteroatoms. The van der Waals surface area contributed by atoms with Crippen LogP contribution in [0.3, 0.4) is 0 Å². The molecule has 66 valence electrons. The van der Waals surface area contributed by atoms with Crippen LogP contribution in [0.2, 0.25) is 5.21 Å². The van der Waals surface area contributed by atoms with Crippen LogP contribution in [-0.2, 0) is 10.2 Å². The predicted molar refractivity (Wildman–Crippen MR) is 45.8 cm³/mol. The summed E-state index contributed by atoms with van der Waals surface area (Å²) < 4.78 is 27.9. The van der Waals surface area contributed by atoms with Crippen molar-refractivity contribution in [3.8, 4) is 0 Å². The van der Waals surface area contributed by atoms with E-state index in [2.05, 4.69) is 0 Å². The van der Waals surface area contributed by atoms with Crippen molar-refractivity contribution in [2.75, 3.05) is 0 Å². The first-order valence-electron chi connectivity index (χ1n) is 3.66. The monoisotopic (exact) mass is 230 g/mol. The summed E-state index contributed by atoms with van der Waals surface area (Å²) in [6, 6.07) is 9.34. The minimum atomic E-state index is -4.40. The molecule has 0 aliphatic heterocycles. The molecule has 0 aliphatic carbocycles. The number of benzene rings is 1. The normalized spacial score (nSPS) is 11.5. The molecule has 0 spiro atoms. The molecule has 12 heavy (non-hydrogen) atoms. The van der Waals surface area contributed by atoms with Crippen molar-refractivity contribution in [3.63, 3.8) is 0 Å². The van der Waals surface area contributed by atoms with E-state index in [1.54, 1.807) is 0 Å². The van der Waals surface area contributed by atoms with Gasteiger partial charge in [0.1, 0.15) is 0 Å². The standard InChI is InChI=1S/C8H11AsO3/c10-9(11,12)7-6-8-4-2-1-3-5-8/h1-5H,6-7H2,(H2,10,11,12). The van der Waals surface area contributed by atoms with E-state index in [0.717, 1.165) is 5.56 Å². The second-order valence-electron chi connectivity index (χ2n) is 2.62. The molecule has 0 aliphatic rings. The molecule has 0 unspecified atom stereocenters. The molecule has 0 atom stereocenters. The summed E-state index contributed by atoms with van der Waals surface area (Å²) in [5.41, 5.74) is 0.974. The zero-order valence-corrected chi connectivity index (χ0v) is 8.43. The van der Waals surface area contributed by atoms with Gasteiger partial charge in [-0.25, -0.2) is 0 Å². The Kier molecular flexibility index (Phi) is 3.15. The number of aryl methyl sites for hydroxylation is 1. The van der Waals surface area contributed by atoms with Crippen LogP contribution in [0.4, 0.5) is 0 Å². The molecule has 1 rings (SSSR count). The fourth-order valence-electron chi connectivity index (χ4n) is 0.919. The summed E-state index contributed by atoms with van der Waals surface area (Å²) in [5, 5.41) is -0.0116. The number of hydrogen-bond acceptors (Lipinski definition) is 1. The van der Waals surface area contributed by atoms with Gasteiger partial charge in [-0.2, -0.15) is 0 Å². The maximum absolute atomic E-state index is 10.6. The molecule has 2 N–H and O–H groups in total. The Morgan fingerprint density at radius 3 is 2.25 bits per heavy atom. The summed E-state index contributed by atoms with van der Waals surface area (Å²) in [6.07, 6.45) is 0.463. The summed E-state index contributed by atoms with van der Waals surface area (Å²) in [7, 11) is 0. The average molecular weight is 230 g/mol. The van der Waals surface area contributed by atoms with Crippen LogP contribution in [0.15, 0.2) is 30.3 Å². The topological polar surface area (TPSA) is 57.5 Å². The zero-order valence-electron chi connectivity index (χ0n) is 6.55. The third kappa shape index (κ3) is 3.76. The SMILES string of the molecule is O=[As](O)(O)CCc1ccccc1. The molecule has 1 aromatic carbocycles. The van der Waals surface area contributed by atoms with E-state index in [9.17, 15) is 3.74 Å². The molecular weight excluding hydrogens is 219 g/mol. The van der Waals surface area contributed by atoms with E-state index >= 15 is 0 Å². The van der Waals surface area contributed by atoms with Gasteiger partial charge in [-0.3, -0.25) is 0 Å². The Morgan fingerprint density at radius 2 is 1.75 bits per heavy atom. The summed E-state index contributed by atoms with van der Waals surface area (Å²) >= 11 is -4.40. The molecule has 1 aromatic rings. The van der Waals surface area contributed by atoms with Gasteiger partial charge >= 0.3 is 73.6 Å². The van der Waals surface area contributed by atoms with Crippen molar-refractivity contribution in [1.29, 1.82) is 0 Å². The third-order valence-electron chi connectivity index (χ3n) is 1.53. The van der Waals surface area contributed by atoms with Gasteiger partial charge in [0, 0.05) is 0 Å². The fourth-order valence-corrected chi connectivity index (χ4v) is 2.07. The molecule has 0 aromatic heterocycles. The Bertz CT molecular complexity index is 278. The second-order valence-corrected chi connectivity index (χ2v) is 6.35. The van der Waals surface area contributed by atoms with Crippen molar-refractivity contribution in [1.82, 2.24) is 0 Å². The molecule has 3 nitrogen and oxygen atoms in total. The molecule has 0 fully saturated rings. The molecule has 0 radical (unpaired) electrons. The molecule has 0 saturated heterocycles. The quantitative estimate of drug-likeness (QED) is 0.747. The van der Waals surface area contributed by atoms with Gasteiger partial charge in [-0.15, -0.1) is 0 Å². The first-order chi connectivity index (χ1) is 5.58. The Labute approximate surface area is 74.0 Å². The van der Waals surface area contributed by atoms with Crippen LogP contribution in [0.25, 0.3) is 0 Å². The first-order valence-corrected chi connectivity index (χ1v) is 7.43. The Morgan fingerprint density at radius 1 is 1.17 bits per heavy atom. The van der Waals surface area contributed by atoms with E-state index in [1.807, 2.05) is 30.3 Å². The molecule has 0 amide bonds. The van der Waals surface area contributed by atoms with Crippen molar-refractivity contribution in [3.05, 3.63) is 35.9 Å². The van der Waals surface area contributed by atoms with Crippen LogP contribution >= 0.6 is 0 Å². The van der Waals surface area contributed by atoms with Gasteiger partial charge in [0.2, 0.25) is 0 Å². The van der Waals surface area contributed by atoms with Crippen molar-refractivity contribution >= 4 is 14.2 Å². The molecule has 0 bridgehead atoms. The van der Waals surface area contributed by atoms with E-state index in [0.29, 0.717) is 6.42 Å². The molecular formula is C8H11AsO3. The third-order valence-corrected chi connectivity index (χ3v) is 3.23. The molecule has 0 heterocycles. The van der Waals surface area contributed by atoms with E-state index in [4.69, 9.17) is 8.19 Å². The van der Waals surface area contributed by atoms with Crippen LogP contribution in [0.1, 0.15) is 5.56 Å². The Hall–Kier alpha value is -0.502. The average Bonchev–Trinajstić information content (AvgIpc) is 2.02. The van der Waals surface area contributed by atoms with Gasteiger partial charge in [0.25, 0.3) is 0 Å². The van der Waals surface area contributed by atoms with Crippen LogP contribution in [0.5, 0.6) is 0 Å². The number of hydrogen-bond donors (Lipinski definition) is 2. The van der Waals surface area contributed by atoms with Crippen molar-refractivity contribution in [2.24, 2.45) is 0 Å². The summed E-state index contributed by atoms with van der Waals surface area (Å²) in [5.74, 6) is 0. The fraction of sp³-hybridized carbons (Fsp3) is 0.250. The second kappa shape index (κ2) is 3.94. The summed E-state index contributed by atoms with van der Waals surface area (Å²) in [4.78, 5) is 0. The van der Waals surface area contributed by atoms with Gasteiger partial charge in [-0.05, 0) is 0 Å². The first kappa shape index (κ1) is 9.59. The van der Waals surface area contributed by atoms with Gasteiger partial charge in [-0.1, -0.05) is 0 Å². The Balaban J connectivity index is 2.50. The van der Waals surface area contributed by atoms with Crippen molar-refractivity contribution < 1.29 is 11.9 Å². The minimum absolute atomic E-state index is 0.0116. The van der Waals surface area contributed by atoms with E-state index in [1.165, 1.54) is 0 Å². The van der Waals surface area contributed by atoms with E-state index in [-0.39, 0.29) is 5.21 Å².